The Morgan fingerprint density at radius 3 is 2.39 bits per heavy atom. The van der Waals surface area contributed by atoms with Gasteiger partial charge in [0, 0.05) is 18.5 Å². The van der Waals surface area contributed by atoms with Gasteiger partial charge in [-0.3, -0.25) is 0 Å². The molecule has 2 fully saturated rings. The van der Waals surface area contributed by atoms with E-state index in [0.29, 0.717) is 6.10 Å². The van der Waals surface area contributed by atoms with Crippen molar-refractivity contribution in [3.63, 3.8) is 0 Å². The van der Waals surface area contributed by atoms with Crippen LogP contribution in [-0.2, 0) is 9.47 Å². The van der Waals surface area contributed by atoms with E-state index < -0.39 is 0 Å². The van der Waals surface area contributed by atoms with Gasteiger partial charge in [0.25, 0.3) is 0 Å². The zero-order chi connectivity index (χ0) is 12.8. The molecule has 0 N–H and O–H groups in total. The summed E-state index contributed by atoms with van der Waals surface area (Å²) < 4.78 is 11.9. The molecule has 0 aromatic rings. The molecule has 1 aliphatic heterocycles. The number of ether oxygens (including phenoxy) is 2. The molecule has 1 saturated heterocycles. The average molecular weight is 319 g/mol. The standard InChI is InChI=1S/C15H27BrO2/c1-2-3-13-4-8-15(12-16,9-5-13)18-14-6-10-17-11-7-14/h13-14H,2-12H2,1H3. The molecule has 0 unspecified atom stereocenters. The van der Waals surface area contributed by atoms with Gasteiger partial charge in [0.1, 0.15) is 0 Å². The molecule has 18 heavy (non-hydrogen) atoms. The van der Waals surface area contributed by atoms with Crippen LogP contribution in [0.2, 0.25) is 0 Å². The molecular formula is C15H27BrO2. The molecular weight excluding hydrogens is 292 g/mol. The van der Waals surface area contributed by atoms with Gasteiger partial charge in [-0.1, -0.05) is 35.7 Å². The summed E-state index contributed by atoms with van der Waals surface area (Å²) >= 11 is 3.70. The molecule has 2 rings (SSSR count). The lowest BCUT2D eigenvalue weighted by Gasteiger charge is -2.42. The van der Waals surface area contributed by atoms with Crippen LogP contribution in [0, 0.1) is 5.92 Å². The second-order valence-corrected chi connectivity index (χ2v) is 6.54. The highest BCUT2D eigenvalue weighted by molar-refractivity contribution is 9.09. The van der Waals surface area contributed by atoms with Gasteiger partial charge in [0.2, 0.25) is 0 Å². The largest absolute Gasteiger partial charge is 0.381 e. The molecule has 0 bridgehead atoms. The van der Waals surface area contributed by atoms with Crippen molar-refractivity contribution in [1.82, 2.24) is 0 Å². The van der Waals surface area contributed by atoms with Gasteiger partial charge in [-0.15, -0.1) is 0 Å². The first-order valence-corrected chi connectivity index (χ1v) is 8.71. The highest BCUT2D eigenvalue weighted by atomic mass is 79.9. The summed E-state index contributed by atoms with van der Waals surface area (Å²) in [5, 5.41) is 0.996. The lowest BCUT2D eigenvalue weighted by Crippen LogP contribution is -2.43. The van der Waals surface area contributed by atoms with Crippen molar-refractivity contribution in [3.05, 3.63) is 0 Å². The molecule has 0 atom stereocenters. The van der Waals surface area contributed by atoms with E-state index in [1.165, 1.54) is 38.5 Å². The summed E-state index contributed by atoms with van der Waals surface area (Å²) in [7, 11) is 0. The van der Waals surface area contributed by atoms with Crippen LogP contribution in [0.3, 0.4) is 0 Å². The van der Waals surface area contributed by atoms with Crippen LogP contribution in [0.25, 0.3) is 0 Å². The molecule has 1 aliphatic carbocycles. The van der Waals surface area contributed by atoms with Gasteiger partial charge in [-0.25, -0.2) is 0 Å². The van der Waals surface area contributed by atoms with Gasteiger partial charge >= 0.3 is 0 Å². The summed E-state index contributed by atoms with van der Waals surface area (Å²) in [6, 6.07) is 0. The lowest BCUT2D eigenvalue weighted by molar-refractivity contribution is -0.132. The Labute approximate surface area is 120 Å². The zero-order valence-corrected chi connectivity index (χ0v) is 13.2. The van der Waals surface area contributed by atoms with Crippen molar-refractivity contribution >= 4 is 15.9 Å². The molecule has 0 amide bonds. The van der Waals surface area contributed by atoms with Crippen LogP contribution in [0.15, 0.2) is 0 Å². The van der Waals surface area contributed by atoms with Gasteiger partial charge in [-0.2, -0.15) is 0 Å². The van der Waals surface area contributed by atoms with Crippen LogP contribution >= 0.6 is 15.9 Å². The Kier molecular flexibility index (Phi) is 5.96. The molecule has 106 valence electrons. The summed E-state index contributed by atoms with van der Waals surface area (Å²) in [6.07, 6.45) is 10.5. The van der Waals surface area contributed by atoms with E-state index in [2.05, 4.69) is 22.9 Å². The van der Waals surface area contributed by atoms with Gasteiger partial charge in [0.15, 0.2) is 0 Å². The lowest BCUT2D eigenvalue weighted by atomic mass is 9.78. The van der Waals surface area contributed by atoms with Crippen LogP contribution in [-0.4, -0.2) is 30.2 Å². The molecule has 1 heterocycles. The molecule has 0 radical (unpaired) electrons. The fourth-order valence-corrected chi connectivity index (χ4v) is 4.02. The minimum absolute atomic E-state index is 0.117. The average Bonchev–Trinajstić information content (AvgIpc) is 2.43. The highest BCUT2D eigenvalue weighted by Crippen LogP contribution is 2.39. The van der Waals surface area contributed by atoms with Crippen LogP contribution in [0.5, 0.6) is 0 Å². The van der Waals surface area contributed by atoms with Crippen LogP contribution < -0.4 is 0 Å². The Morgan fingerprint density at radius 2 is 1.83 bits per heavy atom. The van der Waals surface area contributed by atoms with E-state index in [1.807, 2.05) is 0 Å². The minimum atomic E-state index is 0.117. The number of halogens is 1. The predicted octanol–water partition coefficient (Wildman–Crippen LogP) is 4.31. The Bertz CT molecular complexity index is 231. The topological polar surface area (TPSA) is 18.5 Å². The monoisotopic (exact) mass is 318 g/mol. The molecule has 0 aromatic heterocycles. The fourth-order valence-electron chi connectivity index (χ4n) is 3.33. The first-order chi connectivity index (χ1) is 8.78. The van der Waals surface area contributed by atoms with Crippen molar-refractivity contribution in [2.45, 2.75) is 70.0 Å². The summed E-state index contributed by atoms with van der Waals surface area (Å²) in [4.78, 5) is 0. The Hall–Kier alpha value is 0.400. The van der Waals surface area contributed by atoms with E-state index in [1.54, 1.807) is 0 Å². The van der Waals surface area contributed by atoms with E-state index in [0.717, 1.165) is 37.3 Å². The summed E-state index contributed by atoms with van der Waals surface area (Å²) in [5.74, 6) is 0.945. The van der Waals surface area contributed by atoms with Crippen LogP contribution in [0.1, 0.15) is 58.3 Å². The van der Waals surface area contributed by atoms with E-state index in [4.69, 9.17) is 9.47 Å². The minimum Gasteiger partial charge on any atom is -0.381 e. The smallest absolute Gasteiger partial charge is 0.0782 e. The molecule has 0 spiro atoms. The first-order valence-electron chi connectivity index (χ1n) is 7.59. The maximum absolute atomic E-state index is 6.47. The highest BCUT2D eigenvalue weighted by Gasteiger charge is 2.37. The third kappa shape index (κ3) is 3.94. The van der Waals surface area contributed by atoms with E-state index >= 15 is 0 Å². The predicted molar refractivity (Wildman–Crippen MR) is 78.3 cm³/mol. The molecule has 0 aromatic carbocycles. The Morgan fingerprint density at radius 1 is 1.17 bits per heavy atom. The van der Waals surface area contributed by atoms with Crippen molar-refractivity contribution in [2.24, 2.45) is 5.92 Å². The van der Waals surface area contributed by atoms with Gasteiger partial charge in [0.05, 0.1) is 11.7 Å². The number of rotatable bonds is 5. The zero-order valence-electron chi connectivity index (χ0n) is 11.6. The molecule has 3 heteroatoms. The van der Waals surface area contributed by atoms with Gasteiger partial charge < -0.3 is 9.47 Å². The Balaban J connectivity index is 1.83. The second kappa shape index (κ2) is 7.25. The van der Waals surface area contributed by atoms with E-state index in [-0.39, 0.29) is 5.60 Å². The quantitative estimate of drug-likeness (QED) is 0.703. The fraction of sp³-hybridized carbons (Fsp3) is 1.00. The van der Waals surface area contributed by atoms with Crippen molar-refractivity contribution in [3.8, 4) is 0 Å². The van der Waals surface area contributed by atoms with Crippen LogP contribution in [0.4, 0.5) is 0 Å². The summed E-state index contributed by atoms with van der Waals surface area (Å²) in [6.45, 7) is 4.05. The number of hydrogen-bond donors (Lipinski definition) is 0. The van der Waals surface area contributed by atoms with Gasteiger partial charge in [-0.05, 0) is 44.4 Å². The third-order valence-corrected chi connectivity index (χ3v) is 5.56. The first kappa shape index (κ1) is 14.8. The molecule has 1 saturated carbocycles. The molecule has 2 nitrogen and oxygen atoms in total. The van der Waals surface area contributed by atoms with Crippen molar-refractivity contribution in [1.29, 1.82) is 0 Å². The second-order valence-electron chi connectivity index (χ2n) is 5.98. The number of hydrogen-bond acceptors (Lipinski definition) is 2. The normalized spacial score (nSPS) is 34.7. The SMILES string of the molecule is CCCC1CCC(CBr)(OC2CCOCC2)CC1. The van der Waals surface area contributed by atoms with Crippen molar-refractivity contribution < 1.29 is 9.47 Å². The third-order valence-electron chi connectivity index (χ3n) is 4.54. The number of alkyl halides is 1. The molecule has 2 aliphatic rings. The van der Waals surface area contributed by atoms with E-state index in [9.17, 15) is 0 Å². The van der Waals surface area contributed by atoms with Crippen molar-refractivity contribution in [2.75, 3.05) is 18.5 Å². The maximum Gasteiger partial charge on any atom is 0.0782 e. The maximum atomic E-state index is 6.47. The summed E-state index contributed by atoms with van der Waals surface area (Å²) in [5.41, 5.74) is 0.117.